The molecule has 0 unspecified atom stereocenters. The van der Waals surface area contributed by atoms with Crippen LogP contribution in [0.15, 0.2) is 30.5 Å². The molecular formula is C14H15N3O4. The van der Waals surface area contributed by atoms with Crippen LogP contribution in [0.2, 0.25) is 0 Å². The van der Waals surface area contributed by atoms with Crippen molar-refractivity contribution >= 4 is 11.7 Å². The summed E-state index contributed by atoms with van der Waals surface area (Å²) in [6.45, 7) is 2.60. The molecule has 0 amide bonds. The summed E-state index contributed by atoms with van der Waals surface area (Å²) in [5, 5.41) is 24.6. The number of nitrogens with zero attached hydrogens (tertiary/aromatic N) is 3. The van der Waals surface area contributed by atoms with Gasteiger partial charge in [-0.1, -0.05) is 25.5 Å². The van der Waals surface area contributed by atoms with Gasteiger partial charge in [0.1, 0.15) is 11.3 Å². The Hall–Kier alpha value is -2.70. The van der Waals surface area contributed by atoms with E-state index in [1.54, 1.807) is 6.07 Å². The molecule has 0 radical (unpaired) electrons. The monoisotopic (exact) mass is 289 g/mol. The van der Waals surface area contributed by atoms with Gasteiger partial charge in [-0.15, -0.1) is 0 Å². The number of unbranched alkanes of at least 4 members (excludes halogenated alkanes) is 1. The van der Waals surface area contributed by atoms with E-state index in [-0.39, 0.29) is 22.5 Å². The Morgan fingerprint density at radius 1 is 1.43 bits per heavy atom. The van der Waals surface area contributed by atoms with Gasteiger partial charge in [-0.3, -0.25) is 14.8 Å². The van der Waals surface area contributed by atoms with E-state index in [0.717, 1.165) is 12.8 Å². The second-order valence-electron chi connectivity index (χ2n) is 4.59. The number of aryl methyl sites for hydroxylation is 1. The van der Waals surface area contributed by atoms with E-state index in [1.807, 2.05) is 6.92 Å². The highest BCUT2D eigenvalue weighted by atomic mass is 16.6. The summed E-state index contributed by atoms with van der Waals surface area (Å²) < 4.78 is 1.53. The predicted molar refractivity (Wildman–Crippen MR) is 76.2 cm³/mol. The van der Waals surface area contributed by atoms with Gasteiger partial charge in [-0.2, -0.15) is 5.10 Å². The van der Waals surface area contributed by atoms with E-state index >= 15 is 0 Å². The first kappa shape index (κ1) is 14.7. The number of aromatic nitrogens is 2. The highest BCUT2D eigenvalue weighted by Gasteiger charge is 2.23. The number of rotatable bonds is 6. The lowest BCUT2D eigenvalue weighted by Gasteiger charge is -2.01. The van der Waals surface area contributed by atoms with Crippen LogP contribution in [0.1, 0.15) is 30.1 Å². The van der Waals surface area contributed by atoms with Crippen molar-refractivity contribution in [1.29, 1.82) is 0 Å². The van der Waals surface area contributed by atoms with Crippen molar-refractivity contribution in [3.8, 4) is 11.3 Å². The van der Waals surface area contributed by atoms with Gasteiger partial charge < -0.3 is 5.11 Å². The maximum absolute atomic E-state index is 11.3. The topological polar surface area (TPSA) is 98.3 Å². The van der Waals surface area contributed by atoms with Crippen LogP contribution in [-0.2, 0) is 6.54 Å². The zero-order chi connectivity index (χ0) is 15.4. The third-order valence-corrected chi connectivity index (χ3v) is 3.09. The Labute approximate surface area is 121 Å². The van der Waals surface area contributed by atoms with Gasteiger partial charge in [0, 0.05) is 18.8 Å². The quantitative estimate of drug-likeness (QED) is 0.651. The van der Waals surface area contributed by atoms with Crippen LogP contribution in [-0.4, -0.2) is 25.8 Å². The maximum atomic E-state index is 11.3. The zero-order valence-electron chi connectivity index (χ0n) is 11.5. The van der Waals surface area contributed by atoms with Gasteiger partial charge in [0.2, 0.25) is 0 Å². The van der Waals surface area contributed by atoms with Gasteiger partial charge in [-0.05, 0) is 12.5 Å². The molecule has 7 nitrogen and oxygen atoms in total. The van der Waals surface area contributed by atoms with Crippen molar-refractivity contribution in [1.82, 2.24) is 9.78 Å². The van der Waals surface area contributed by atoms with Crippen LogP contribution in [0.5, 0.6) is 0 Å². The second kappa shape index (κ2) is 6.17. The van der Waals surface area contributed by atoms with Crippen LogP contribution in [0.25, 0.3) is 11.3 Å². The summed E-state index contributed by atoms with van der Waals surface area (Å²) in [4.78, 5) is 21.9. The number of para-hydroxylation sites is 1. The zero-order valence-corrected chi connectivity index (χ0v) is 11.5. The molecule has 0 fully saturated rings. The van der Waals surface area contributed by atoms with E-state index in [9.17, 15) is 20.0 Å². The van der Waals surface area contributed by atoms with Gasteiger partial charge in [0.25, 0.3) is 5.69 Å². The van der Waals surface area contributed by atoms with Crippen LogP contribution >= 0.6 is 0 Å². The summed E-state index contributed by atoms with van der Waals surface area (Å²) in [5.41, 5.74) is 0.169. The lowest BCUT2D eigenvalue weighted by Crippen LogP contribution is -1.99. The molecule has 2 aromatic rings. The fourth-order valence-electron chi connectivity index (χ4n) is 2.04. The van der Waals surface area contributed by atoms with E-state index in [0.29, 0.717) is 6.54 Å². The molecule has 0 saturated heterocycles. The maximum Gasteiger partial charge on any atom is 0.339 e. The van der Waals surface area contributed by atoms with Gasteiger partial charge in [0.05, 0.1) is 10.5 Å². The molecule has 2 rings (SSSR count). The molecule has 0 saturated carbocycles. The molecule has 1 N–H and O–H groups in total. The summed E-state index contributed by atoms with van der Waals surface area (Å²) in [6, 6.07) is 6.01. The van der Waals surface area contributed by atoms with Crippen LogP contribution < -0.4 is 0 Å². The molecule has 0 aliphatic carbocycles. The average Bonchev–Trinajstić information content (AvgIpc) is 2.89. The van der Waals surface area contributed by atoms with Crippen molar-refractivity contribution in [2.75, 3.05) is 0 Å². The van der Waals surface area contributed by atoms with Crippen LogP contribution in [0, 0.1) is 10.1 Å². The molecule has 0 aliphatic rings. The smallest absolute Gasteiger partial charge is 0.339 e. The molecule has 21 heavy (non-hydrogen) atoms. The van der Waals surface area contributed by atoms with Crippen LogP contribution in [0.4, 0.5) is 5.69 Å². The molecule has 0 atom stereocenters. The Bertz CT molecular complexity index is 679. The van der Waals surface area contributed by atoms with Gasteiger partial charge in [0.15, 0.2) is 0 Å². The third-order valence-electron chi connectivity index (χ3n) is 3.09. The van der Waals surface area contributed by atoms with E-state index < -0.39 is 10.9 Å². The Morgan fingerprint density at radius 2 is 2.14 bits per heavy atom. The summed E-state index contributed by atoms with van der Waals surface area (Å²) in [6.07, 6.45) is 3.23. The lowest BCUT2D eigenvalue weighted by molar-refractivity contribution is -0.384. The molecular weight excluding hydrogens is 274 g/mol. The van der Waals surface area contributed by atoms with Crippen molar-refractivity contribution < 1.29 is 14.8 Å². The summed E-state index contributed by atoms with van der Waals surface area (Å²) >= 11 is 0. The number of nitro groups is 1. The minimum Gasteiger partial charge on any atom is -0.478 e. The standard InChI is InChI=1S/C14H15N3O4/c1-2-3-8-16-9-11(14(18)19)13(15-16)10-6-4-5-7-12(10)17(20)21/h4-7,9H,2-3,8H2,1H3,(H,18,19). The first-order valence-corrected chi connectivity index (χ1v) is 6.59. The van der Waals surface area contributed by atoms with Gasteiger partial charge in [-0.25, -0.2) is 4.79 Å². The fraction of sp³-hybridized carbons (Fsp3) is 0.286. The predicted octanol–water partition coefficient (Wildman–Crippen LogP) is 2.96. The number of aromatic carboxylic acids is 1. The van der Waals surface area contributed by atoms with Crippen molar-refractivity contribution in [3.05, 3.63) is 46.1 Å². The van der Waals surface area contributed by atoms with E-state index in [1.165, 1.54) is 29.1 Å². The number of hydrogen-bond donors (Lipinski definition) is 1. The normalized spacial score (nSPS) is 10.5. The summed E-state index contributed by atoms with van der Waals surface area (Å²) in [7, 11) is 0. The Morgan fingerprint density at radius 3 is 2.76 bits per heavy atom. The summed E-state index contributed by atoms with van der Waals surface area (Å²) in [5.74, 6) is -1.15. The number of carbonyl (C=O) groups is 1. The second-order valence-corrected chi connectivity index (χ2v) is 4.59. The van der Waals surface area contributed by atoms with Crippen LogP contribution in [0.3, 0.4) is 0 Å². The largest absolute Gasteiger partial charge is 0.478 e. The fourth-order valence-corrected chi connectivity index (χ4v) is 2.04. The third kappa shape index (κ3) is 3.07. The number of carboxylic acids is 1. The van der Waals surface area contributed by atoms with E-state index in [4.69, 9.17) is 0 Å². The first-order valence-electron chi connectivity index (χ1n) is 6.59. The highest BCUT2D eigenvalue weighted by Crippen LogP contribution is 2.30. The van der Waals surface area contributed by atoms with E-state index in [2.05, 4.69) is 5.10 Å². The minimum atomic E-state index is -1.15. The molecule has 0 bridgehead atoms. The Balaban J connectivity index is 2.54. The SMILES string of the molecule is CCCCn1cc(C(=O)O)c(-c2ccccc2[N+](=O)[O-])n1. The average molecular weight is 289 g/mol. The minimum absolute atomic E-state index is 0.0274. The molecule has 7 heteroatoms. The number of benzene rings is 1. The molecule has 1 heterocycles. The van der Waals surface area contributed by atoms with Crippen molar-refractivity contribution in [2.45, 2.75) is 26.3 Å². The van der Waals surface area contributed by atoms with Crippen molar-refractivity contribution in [2.24, 2.45) is 0 Å². The van der Waals surface area contributed by atoms with Crippen molar-refractivity contribution in [3.63, 3.8) is 0 Å². The first-order chi connectivity index (χ1) is 10.0. The molecule has 0 aliphatic heterocycles. The molecule has 110 valence electrons. The molecule has 1 aromatic heterocycles. The highest BCUT2D eigenvalue weighted by molar-refractivity contribution is 5.95. The number of nitro benzene ring substituents is 1. The number of carboxylic acid groups (broad SMARTS) is 1. The lowest BCUT2D eigenvalue weighted by atomic mass is 10.1. The Kier molecular flexibility index (Phi) is 4.32. The number of hydrogen-bond acceptors (Lipinski definition) is 4. The molecule has 0 spiro atoms. The van der Waals surface area contributed by atoms with Gasteiger partial charge >= 0.3 is 5.97 Å². The molecule has 1 aromatic carbocycles.